The van der Waals surface area contributed by atoms with Gasteiger partial charge in [0.15, 0.2) is 0 Å². The lowest BCUT2D eigenvalue weighted by molar-refractivity contribution is 0.177. The van der Waals surface area contributed by atoms with Gasteiger partial charge < -0.3 is 5.73 Å². The van der Waals surface area contributed by atoms with Gasteiger partial charge >= 0.3 is 0 Å². The summed E-state index contributed by atoms with van der Waals surface area (Å²) in [6.07, 6.45) is 4.13. The van der Waals surface area contributed by atoms with Crippen LogP contribution in [0.3, 0.4) is 0 Å². The molecule has 2 N–H and O–H groups in total. The Morgan fingerprint density at radius 1 is 1.33 bits per heavy atom. The molecule has 0 spiro atoms. The first-order valence-corrected chi connectivity index (χ1v) is 6.65. The Balaban J connectivity index is 2.02. The minimum Gasteiger partial charge on any atom is -0.326 e. The summed E-state index contributed by atoms with van der Waals surface area (Å²) in [5, 5.41) is 0. The zero-order valence-corrected chi connectivity index (χ0v) is 10.2. The van der Waals surface area contributed by atoms with E-state index in [2.05, 4.69) is 24.0 Å². The molecule has 0 amide bonds. The summed E-state index contributed by atoms with van der Waals surface area (Å²) >= 11 is 1.87. The minimum atomic E-state index is 0.579. The van der Waals surface area contributed by atoms with Gasteiger partial charge in [0.25, 0.3) is 0 Å². The van der Waals surface area contributed by atoms with Gasteiger partial charge in [-0.25, -0.2) is 0 Å². The highest BCUT2D eigenvalue weighted by molar-refractivity contribution is 7.12. The normalized spacial score (nSPS) is 20.4. The molecule has 1 aliphatic rings. The summed E-state index contributed by atoms with van der Waals surface area (Å²) in [5.41, 5.74) is 5.64. The number of hydrogen-bond acceptors (Lipinski definition) is 3. The predicted molar refractivity (Wildman–Crippen MR) is 66.0 cm³/mol. The van der Waals surface area contributed by atoms with E-state index >= 15 is 0 Å². The minimum absolute atomic E-state index is 0.579. The van der Waals surface area contributed by atoms with Gasteiger partial charge in [0.05, 0.1) is 0 Å². The average Bonchev–Trinajstić information content (AvgIpc) is 2.78. The Bertz CT molecular complexity index is 302. The number of likely N-dealkylation sites (tertiary alicyclic amines) is 1. The van der Waals surface area contributed by atoms with Crippen molar-refractivity contribution in [3.8, 4) is 0 Å². The molecule has 1 atom stereocenters. The summed E-state index contributed by atoms with van der Waals surface area (Å²) in [6.45, 7) is 5.52. The van der Waals surface area contributed by atoms with Crippen molar-refractivity contribution in [3.05, 3.63) is 21.9 Å². The zero-order valence-electron chi connectivity index (χ0n) is 9.41. The molecule has 1 fully saturated rings. The first-order valence-electron chi connectivity index (χ1n) is 5.84. The summed E-state index contributed by atoms with van der Waals surface area (Å²) in [4.78, 5) is 5.36. The third kappa shape index (κ3) is 2.60. The zero-order chi connectivity index (χ0) is 10.7. The van der Waals surface area contributed by atoms with Crippen molar-refractivity contribution in [2.24, 2.45) is 5.73 Å². The summed E-state index contributed by atoms with van der Waals surface area (Å²) in [7, 11) is 0. The lowest BCUT2D eigenvalue weighted by Gasteiger charge is -2.31. The van der Waals surface area contributed by atoms with Crippen molar-refractivity contribution in [1.29, 1.82) is 0 Å². The van der Waals surface area contributed by atoms with Gasteiger partial charge in [0.1, 0.15) is 0 Å². The summed E-state index contributed by atoms with van der Waals surface area (Å²) < 4.78 is 0. The van der Waals surface area contributed by atoms with Gasteiger partial charge in [-0.3, -0.25) is 4.90 Å². The van der Waals surface area contributed by atoms with Gasteiger partial charge in [0.2, 0.25) is 0 Å². The van der Waals surface area contributed by atoms with Crippen molar-refractivity contribution in [1.82, 2.24) is 4.90 Å². The molecule has 15 heavy (non-hydrogen) atoms. The van der Waals surface area contributed by atoms with Crippen LogP contribution in [-0.4, -0.2) is 18.0 Å². The average molecular weight is 224 g/mol. The molecule has 0 radical (unpaired) electrons. The molecular formula is C12H20N2S. The molecule has 2 nitrogen and oxygen atoms in total. The van der Waals surface area contributed by atoms with E-state index in [4.69, 9.17) is 5.73 Å². The second-order valence-electron chi connectivity index (χ2n) is 4.28. The van der Waals surface area contributed by atoms with E-state index in [1.165, 1.54) is 42.1 Å². The van der Waals surface area contributed by atoms with Crippen LogP contribution < -0.4 is 5.73 Å². The van der Waals surface area contributed by atoms with Crippen LogP contribution in [0.25, 0.3) is 0 Å². The molecule has 1 aromatic rings. The molecule has 0 aromatic carbocycles. The third-order valence-corrected chi connectivity index (χ3v) is 4.51. The second-order valence-corrected chi connectivity index (χ2v) is 5.48. The van der Waals surface area contributed by atoms with Crippen LogP contribution in [-0.2, 0) is 6.54 Å². The van der Waals surface area contributed by atoms with Crippen LogP contribution in [0.1, 0.15) is 42.0 Å². The third-order valence-electron chi connectivity index (χ3n) is 3.23. The largest absolute Gasteiger partial charge is 0.326 e. The fraction of sp³-hybridized carbons (Fsp3) is 0.667. The Morgan fingerprint density at radius 2 is 2.07 bits per heavy atom. The van der Waals surface area contributed by atoms with E-state index in [9.17, 15) is 0 Å². The fourth-order valence-electron chi connectivity index (χ4n) is 2.21. The highest BCUT2D eigenvalue weighted by Gasteiger charge is 2.19. The van der Waals surface area contributed by atoms with Crippen LogP contribution in [0, 0.1) is 0 Å². The van der Waals surface area contributed by atoms with E-state index < -0.39 is 0 Å². The van der Waals surface area contributed by atoms with Crippen LogP contribution in [0.5, 0.6) is 0 Å². The first kappa shape index (κ1) is 11.1. The van der Waals surface area contributed by atoms with Crippen molar-refractivity contribution >= 4 is 11.3 Å². The number of nitrogens with two attached hydrogens (primary N) is 1. The topological polar surface area (TPSA) is 29.3 Å². The van der Waals surface area contributed by atoms with Gasteiger partial charge in [-0.15, -0.1) is 11.3 Å². The van der Waals surface area contributed by atoms with E-state index in [1.807, 2.05) is 11.3 Å². The van der Waals surface area contributed by atoms with Crippen LogP contribution in [0.4, 0.5) is 0 Å². The number of piperidine rings is 1. The quantitative estimate of drug-likeness (QED) is 0.855. The molecule has 2 heterocycles. The lowest BCUT2D eigenvalue weighted by atomic mass is 10.1. The Morgan fingerprint density at radius 3 is 2.67 bits per heavy atom. The molecule has 1 saturated heterocycles. The maximum atomic E-state index is 5.64. The molecule has 1 aliphatic heterocycles. The highest BCUT2D eigenvalue weighted by Crippen LogP contribution is 2.29. The lowest BCUT2D eigenvalue weighted by Crippen LogP contribution is -2.31. The molecule has 0 saturated carbocycles. The molecule has 0 aliphatic carbocycles. The number of rotatable bonds is 3. The number of nitrogens with zero attached hydrogens (tertiary/aromatic N) is 1. The maximum absolute atomic E-state index is 5.64. The standard InChI is InChI=1S/C12H20N2S/c1-10(14-7-3-2-4-8-14)12-6-5-11(9-13)15-12/h5-6,10H,2-4,7-9,13H2,1H3. The molecular weight excluding hydrogens is 204 g/mol. The van der Waals surface area contributed by atoms with E-state index in [1.54, 1.807) is 0 Å². The van der Waals surface area contributed by atoms with Crippen molar-refractivity contribution in [3.63, 3.8) is 0 Å². The summed E-state index contributed by atoms with van der Waals surface area (Å²) in [6, 6.07) is 4.99. The Labute approximate surface area is 96.1 Å². The van der Waals surface area contributed by atoms with Gasteiger partial charge in [0, 0.05) is 22.3 Å². The van der Waals surface area contributed by atoms with Crippen LogP contribution in [0.2, 0.25) is 0 Å². The first-order chi connectivity index (χ1) is 7.31. The molecule has 1 aromatic heterocycles. The van der Waals surface area contributed by atoms with Crippen molar-refractivity contribution < 1.29 is 0 Å². The number of thiophene rings is 1. The molecule has 3 heteroatoms. The van der Waals surface area contributed by atoms with E-state index in [-0.39, 0.29) is 0 Å². The second kappa shape index (κ2) is 5.10. The molecule has 84 valence electrons. The SMILES string of the molecule is CC(c1ccc(CN)s1)N1CCCCC1. The summed E-state index contributed by atoms with van der Waals surface area (Å²) in [5.74, 6) is 0. The smallest absolute Gasteiger partial charge is 0.0413 e. The number of hydrogen-bond donors (Lipinski definition) is 1. The van der Waals surface area contributed by atoms with Gasteiger partial charge in [-0.05, 0) is 45.0 Å². The van der Waals surface area contributed by atoms with Crippen LogP contribution >= 0.6 is 11.3 Å². The molecule has 0 bridgehead atoms. The highest BCUT2D eigenvalue weighted by atomic mass is 32.1. The predicted octanol–water partition coefficient (Wildman–Crippen LogP) is 2.75. The van der Waals surface area contributed by atoms with Gasteiger partial charge in [-0.2, -0.15) is 0 Å². The monoisotopic (exact) mass is 224 g/mol. The van der Waals surface area contributed by atoms with Crippen molar-refractivity contribution in [2.75, 3.05) is 13.1 Å². The van der Waals surface area contributed by atoms with Crippen LogP contribution in [0.15, 0.2) is 12.1 Å². The van der Waals surface area contributed by atoms with Crippen molar-refractivity contribution in [2.45, 2.75) is 38.8 Å². The Hall–Kier alpha value is -0.380. The maximum Gasteiger partial charge on any atom is 0.0413 e. The molecule has 1 unspecified atom stereocenters. The van der Waals surface area contributed by atoms with E-state index in [0.29, 0.717) is 12.6 Å². The fourth-order valence-corrected chi connectivity index (χ4v) is 3.19. The Kier molecular flexibility index (Phi) is 3.78. The molecule has 2 rings (SSSR count). The van der Waals surface area contributed by atoms with Gasteiger partial charge in [-0.1, -0.05) is 6.42 Å². The van der Waals surface area contributed by atoms with E-state index in [0.717, 1.165) is 0 Å².